The minimum absolute atomic E-state index is 0.0569. The van der Waals surface area contributed by atoms with Gasteiger partial charge in [-0.3, -0.25) is 4.79 Å². The zero-order valence-corrected chi connectivity index (χ0v) is 12.1. The molecule has 0 spiro atoms. The Morgan fingerprint density at radius 3 is 2.68 bits per heavy atom. The van der Waals surface area contributed by atoms with Gasteiger partial charge in [-0.15, -0.1) is 0 Å². The number of ether oxygens (including phenoxy) is 1. The third kappa shape index (κ3) is 2.67. The van der Waals surface area contributed by atoms with Crippen molar-refractivity contribution in [2.75, 3.05) is 6.61 Å². The number of hydrogen-bond donors (Lipinski definition) is 0. The molecule has 2 aromatic carbocycles. The van der Waals surface area contributed by atoms with Crippen LogP contribution >= 0.6 is 11.6 Å². The maximum absolute atomic E-state index is 12.6. The minimum atomic E-state index is -0.129. The quantitative estimate of drug-likeness (QED) is 0.733. The van der Waals surface area contributed by atoms with E-state index in [1.54, 1.807) is 42.5 Å². The highest BCUT2D eigenvalue weighted by molar-refractivity contribution is 6.30. The fourth-order valence-corrected chi connectivity index (χ4v) is 2.27. The van der Waals surface area contributed by atoms with Gasteiger partial charge in [0, 0.05) is 11.1 Å². The van der Waals surface area contributed by atoms with Crippen LogP contribution in [0.25, 0.3) is 22.1 Å². The maximum Gasteiger partial charge on any atom is 0.200 e. The number of fused-ring (bicyclic) bond motifs is 1. The van der Waals surface area contributed by atoms with E-state index in [-0.39, 0.29) is 12.0 Å². The van der Waals surface area contributed by atoms with Crippen LogP contribution < -0.4 is 10.2 Å². The molecular formula is C17H10ClNO3. The first-order chi connectivity index (χ1) is 10.7. The van der Waals surface area contributed by atoms with Crippen LogP contribution in [0.1, 0.15) is 0 Å². The summed E-state index contributed by atoms with van der Waals surface area (Å²) < 4.78 is 10.7. The van der Waals surface area contributed by atoms with Crippen LogP contribution in [0.5, 0.6) is 5.75 Å². The number of rotatable bonds is 3. The fraction of sp³-hybridized carbons (Fsp3) is 0.0588. The second-order valence-corrected chi connectivity index (χ2v) is 5.03. The van der Waals surface area contributed by atoms with Gasteiger partial charge in [0.2, 0.25) is 0 Å². The van der Waals surface area contributed by atoms with Crippen molar-refractivity contribution in [2.45, 2.75) is 0 Å². The van der Waals surface area contributed by atoms with Crippen LogP contribution in [0.2, 0.25) is 5.02 Å². The van der Waals surface area contributed by atoms with Gasteiger partial charge in [0.15, 0.2) is 12.0 Å². The molecule has 0 saturated carbocycles. The van der Waals surface area contributed by atoms with Crippen molar-refractivity contribution in [1.82, 2.24) is 0 Å². The minimum Gasteiger partial charge on any atom is -0.479 e. The summed E-state index contributed by atoms with van der Waals surface area (Å²) in [6.45, 7) is -0.0569. The standard InChI is InChI=1S/C17H10ClNO3/c18-12-3-1-11(2-4-12)15-10-22-16-9-13(21-8-7-19)5-6-14(16)17(15)20/h1-6,9-10H,8H2. The topological polar surface area (TPSA) is 63.2 Å². The van der Waals surface area contributed by atoms with Crippen molar-refractivity contribution in [3.63, 3.8) is 0 Å². The van der Waals surface area contributed by atoms with E-state index in [4.69, 9.17) is 26.0 Å². The van der Waals surface area contributed by atoms with Gasteiger partial charge in [-0.1, -0.05) is 23.7 Å². The Labute approximate surface area is 131 Å². The molecule has 0 aliphatic rings. The molecule has 0 aliphatic carbocycles. The van der Waals surface area contributed by atoms with Gasteiger partial charge >= 0.3 is 0 Å². The van der Waals surface area contributed by atoms with E-state index in [1.807, 2.05) is 6.07 Å². The van der Waals surface area contributed by atoms with Gasteiger partial charge in [-0.2, -0.15) is 5.26 Å². The van der Waals surface area contributed by atoms with Crippen molar-refractivity contribution in [1.29, 1.82) is 5.26 Å². The molecule has 0 unspecified atom stereocenters. The Morgan fingerprint density at radius 1 is 1.18 bits per heavy atom. The lowest BCUT2D eigenvalue weighted by molar-refractivity contribution is 0.368. The summed E-state index contributed by atoms with van der Waals surface area (Å²) in [4.78, 5) is 12.6. The second kappa shape index (κ2) is 5.92. The number of benzene rings is 2. The van der Waals surface area contributed by atoms with Crippen LogP contribution in [-0.4, -0.2) is 6.61 Å². The number of hydrogen-bond acceptors (Lipinski definition) is 4. The molecule has 0 fully saturated rings. The van der Waals surface area contributed by atoms with Crippen molar-refractivity contribution in [3.8, 4) is 22.9 Å². The van der Waals surface area contributed by atoms with Crippen LogP contribution in [0.15, 0.2) is 57.9 Å². The molecular weight excluding hydrogens is 302 g/mol. The van der Waals surface area contributed by atoms with Crippen LogP contribution in [-0.2, 0) is 0 Å². The highest BCUT2D eigenvalue weighted by Crippen LogP contribution is 2.24. The lowest BCUT2D eigenvalue weighted by atomic mass is 10.1. The average molecular weight is 312 g/mol. The van der Waals surface area contributed by atoms with Gasteiger partial charge in [-0.25, -0.2) is 0 Å². The lowest BCUT2D eigenvalue weighted by Gasteiger charge is -2.05. The molecule has 4 nitrogen and oxygen atoms in total. The summed E-state index contributed by atoms with van der Waals surface area (Å²) in [5.41, 5.74) is 1.49. The molecule has 0 saturated heterocycles. The van der Waals surface area contributed by atoms with Crippen molar-refractivity contribution in [3.05, 3.63) is 64.0 Å². The van der Waals surface area contributed by atoms with Gasteiger partial charge in [-0.05, 0) is 29.8 Å². The summed E-state index contributed by atoms with van der Waals surface area (Å²) in [7, 11) is 0. The SMILES string of the molecule is N#CCOc1ccc2c(=O)c(-c3ccc(Cl)cc3)coc2c1. The molecule has 0 N–H and O–H groups in total. The molecule has 108 valence electrons. The molecule has 1 aromatic heterocycles. The van der Waals surface area contributed by atoms with Crippen molar-refractivity contribution < 1.29 is 9.15 Å². The van der Waals surface area contributed by atoms with Crippen molar-refractivity contribution >= 4 is 22.6 Å². The Balaban J connectivity index is 2.08. The van der Waals surface area contributed by atoms with Gasteiger partial charge in [0.25, 0.3) is 0 Å². The van der Waals surface area contributed by atoms with E-state index in [1.165, 1.54) is 6.26 Å². The third-order valence-corrected chi connectivity index (χ3v) is 3.46. The van der Waals surface area contributed by atoms with E-state index in [2.05, 4.69) is 0 Å². The first-order valence-electron chi connectivity index (χ1n) is 6.50. The van der Waals surface area contributed by atoms with E-state index in [0.29, 0.717) is 27.3 Å². The van der Waals surface area contributed by atoms with Crippen LogP contribution in [0, 0.1) is 11.3 Å². The summed E-state index contributed by atoms with van der Waals surface area (Å²) in [5.74, 6) is 0.483. The molecule has 0 bridgehead atoms. The van der Waals surface area contributed by atoms with E-state index < -0.39 is 0 Å². The first-order valence-corrected chi connectivity index (χ1v) is 6.88. The van der Waals surface area contributed by atoms with Gasteiger partial charge < -0.3 is 9.15 Å². The third-order valence-electron chi connectivity index (χ3n) is 3.20. The highest BCUT2D eigenvalue weighted by Gasteiger charge is 2.10. The summed E-state index contributed by atoms with van der Waals surface area (Å²) in [5, 5.41) is 9.57. The summed E-state index contributed by atoms with van der Waals surface area (Å²) in [6.07, 6.45) is 1.42. The zero-order valence-electron chi connectivity index (χ0n) is 11.4. The summed E-state index contributed by atoms with van der Waals surface area (Å²) >= 11 is 5.85. The first kappa shape index (κ1) is 14.2. The molecule has 1 heterocycles. The summed E-state index contributed by atoms with van der Waals surface area (Å²) in [6, 6.07) is 13.7. The van der Waals surface area contributed by atoms with E-state index in [9.17, 15) is 4.79 Å². The largest absolute Gasteiger partial charge is 0.479 e. The fourth-order valence-electron chi connectivity index (χ4n) is 2.14. The second-order valence-electron chi connectivity index (χ2n) is 4.59. The smallest absolute Gasteiger partial charge is 0.200 e. The molecule has 3 rings (SSSR count). The lowest BCUT2D eigenvalue weighted by Crippen LogP contribution is -2.05. The molecule has 22 heavy (non-hydrogen) atoms. The Bertz CT molecular complexity index is 923. The monoisotopic (exact) mass is 311 g/mol. The maximum atomic E-state index is 12.6. The Morgan fingerprint density at radius 2 is 1.95 bits per heavy atom. The van der Waals surface area contributed by atoms with Crippen LogP contribution in [0.4, 0.5) is 0 Å². The number of nitrogens with zero attached hydrogens (tertiary/aromatic N) is 1. The molecule has 5 heteroatoms. The van der Waals surface area contributed by atoms with Crippen LogP contribution in [0.3, 0.4) is 0 Å². The molecule has 0 atom stereocenters. The highest BCUT2D eigenvalue weighted by atomic mass is 35.5. The number of halogens is 1. The Kier molecular flexibility index (Phi) is 3.82. The van der Waals surface area contributed by atoms with Crippen molar-refractivity contribution in [2.24, 2.45) is 0 Å². The van der Waals surface area contributed by atoms with Gasteiger partial charge in [0.05, 0.1) is 10.9 Å². The normalized spacial score (nSPS) is 10.4. The molecule has 0 amide bonds. The van der Waals surface area contributed by atoms with Gasteiger partial charge in [0.1, 0.15) is 23.7 Å². The Hall–Kier alpha value is -2.77. The predicted octanol–water partition coefficient (Wildman–Crippen LogP) is 4.02. The predicted molar refractivity (Wildman–Crippen MR) is 84.0 cm³/mol. The zero-order chi connectivity index (χ0) is 15.5. The molecule has 3 aromatic rings. The van der Waals surface area contributed by atoms with E-state index in [0.717, 1.165) is 5.56 Å². The number of nitriles is 1. The molecule has 0 radical (unpaired) electrons. The van der Waals surface area contributed by atoms with E-state index >= 15 is 0 Å². The average Bonchev–Trinajstić information content (AvgIpc) is 2.54. The molecule has 0 aliphatic heterocycles.